The molecular weight excluding hydrogens is 452 g/mol. The van der Waals surface area contributed by atoms with Gasteiger partial charge in [0.15, 0.2) is 0 Å². The molecule has 2 aromatic rings. The van der Waals surface area contributed by atoms with Crippen molar-refractivity contribution in [2.45, 2.75) is 84.5 Å². The van der Waals surface area contributed by atoms with Gasteiger partial charge in [-0.1, -0.05) is 76.3 Å². The van der Waals surface area contributed by atoms with Gasteiger partial charge in [0.25, 0.3) is 0 Å². The SMILES string of the molecule is CC(C)(C)c1c[c-]c2c(c1)-c1cc(C(C)(C)C)ccc1C2.[C-]1=CC=CC1.[Zr+2]=[C]1CCC1. The number of rotatable bonds is 0. The van der Waals surface area contributed by atoms with E-state index in [1.165, 1.54) is 52.6 Å². The summed E-state index contributed by atoms with van der Waals surface area (Å²) < 4.78 is 1.78. The average Bonchev–Trinajstić information content (AvgIpc) is 3.36. The molecule has 0 atom stereocenters. The molecule has 0 nitrogen and oxygen atoms in total. The van der Waals surface area contributed by atoms with Crippen molar-refractivity contribution in [2.24, 2.45) is 0 Å². The van der Waals surface area contributed by atoms with Crippen molar-refractivity contribution in [3.05, 3.63) is 83.0 Å². The van der Waals surface area contributed by atoms with Gasteiger partial charge in [-0.3, -0.25) is 6.08 Å². The summed E-state index contributed by atoms with van der Waals surface area (Å²) in [7, 11) is 0. The third kappa shape index (κ3) is 6.58. The molecule has 0 unspecified atom stereocenters. The van der Waals surface area contributed by atoms with Gasteiger partial charge in [0.2, 0.25) is 0 Å². The van der Waals surface area contributed by atoms with Gasteiger partial charge in [0.05, 0.1) is 0 Å². The molecule has 1 saturated carbocycles. The van der Waals surface area contributed by atoms with Gasteiger partial charge >= 0.3 is 46.7 Å². The number of hydrogen-bond donors (Lipinski definition) is 0. The molecule has 0 radical (unpaired) electrons. The summed E-state index contributed by atoms with van der Waals surface area (Å²) in [6, 6.07) is 15.1. The minimum absolute atomic E-state index is 0.177. The van der Waals surface area contributed by atoms with Gasteiger partial charge in [-0.15, -0.1) is 12.0 Å². The van der Waals surface area contributed by atoms with Gasteiger partial charge < -0.3 is 0 Å². The number of benzene rings is 2. The van der Waals surface area contributed by atoms with E-state index in [1.807, 2.05) is 12.2 Å². The average molecular weight is 488 g/mol. The molecule has 0 saturated heterocycles. The Kier molecular flexibility index (Phi) is 7.91. The molecule has 0 spiro atoms. The Morgan fingerprint density at radius 2 is 1.52 bits per heavy atom. The van der Waals surface area contributed by atoms with Crippen molar-refractivity contribution in [3.8, 4) is 11.1 Å². The summed E-state index contributed by atoms with van der Waals surface area (Å²) in [6.07, 6.45) is 15.4. The van der Waals surface area contributed by atoms with Gasteiger partial charge in [-0.2, -0.15) is 35.4 Å². The predicted octanol–water partition coefficient (Wildman–Crippen LogP) is 7.85. The minimum atomic E-state index is 0.177. The zero-order valence-corrected chi connectivity index (χ0v) is 22.6. The van der Waals surface area contributed by atoms with Crippen molar-refractivity contribution in [1.82, 2.24) is 0 Å². The molecule has 0 aromatic heterocycles. The summed E-state index contributed by atoms with van der Waals surface area (Å²) in [5.74, 6) is 0. The van der Waals surface area contributed by atoms with Gasteiger partial charge in [-0.05, 0) is 17.4 Å². The zero-order chi connectivity index (χ0) is 22.6. The third-order valence-electron chi connectivity index (χ3n) is 6.07. The van der Waals surface area contributed by atoms with E-state index in [0.717, 1.165) is 12.8 Å². The molecule has 3 aliphatic carbocycles. The van der Waals surface area contributed by atoms with E-state index >= 15 is 0 Å². The van der Waals surface area contributed by atoms with Crippen LogP contribution >= 0.6 is 0 Å². The first-order valence-corrected chi connectivity index (χ1v) is 12.8. The molecule has 0 bridgehead atoms. The molecule has 160 valence electrons. The molecular formula is C30H36Zr. The number of fused-ring (bicyclic) bond motifs is 3. The molecule has 0 amide bonds. The van der Waals surface area contributed by atoms with Crippen LogP contribution in [-0.2, 0) is 41.5 Å². The first kappa shape index (κ1) is 24.3. The molecule has 31 heavy (non-hydrogen) atoms. The second-order valence-electron chi connectivity index (χ2n) is 10.8. The van der Waals surface area contributed by atoms with E-state index in [0.29, 0.717) is 0 Å². The monoisotopic (exact) mass is 486 g/mol. The summed E-state index contributed by atoms with van der Waals surface area (Å²) in [5.41, 5.74) is 8.76. The number of allylic oxidation sites excluding steroid dienone is 4. The second-order valence-corrected chi connectivity index (χ2v) is 12.5. The van der Waals surface area contributed by atoms with E-state index < -0.39 is 0 Å². The maximum absolute atomic E-state index is 3.53. The van der Waals surface area contributed by atoms with Crippen LogP contribution in [0.2, 0.25) is 0 Å². The topological polar surface area (TPSA) is 0 Å². The Balaban J connectivity index is 0.000000221. The van der Waals surface area contributed by atoms with Crippen molar-refractivity contribution in [1.29, 1.82) is 0 Å². The third-order valence-corrected chi connectivity index (χ3v) is 7.30. The van der Waals surface area contributed by atoms with Crippen LogP contribution in [0.1, 0.15) is 89.5 Å². The van der Waals surface area contributed by atoms with Crippen LogP contribution in [0.4, 0.5) is 0 Å². The molecule has 0 aliphatic heterocycles. The summed E-state index contributed by atoms with van der Waals surface area (Å²) >= 11 is 1.67. The summed E-state index contributed by atoms with van der Waals surface area (Å²) in [6.45, 7) is 13.6. The summed E-state index contributed by atoms with van der Waals surface area (Å²) in [5, 5.41) is 0. The van der Waals surface area contributed by atoms with Crippen LogP contribution in [-0.4, -0.2) is 3.21 Å². The van der Waals surface area contributed by atoms with Crippen LogP contribution in [0.25, 0.3) is 11.1 Å². The molecule has 0 N–H and O–H groups in total. The van der Waals surface area contributed by atoms with Crippen LogP contribution in [0, 0.1) is 12.1 Å². The molecule has 1 heteroatoms. The second kappa shape index (κ2) is 10.1. The first-order valence-electron chi connectivity index (χ1n) is 11.5. The van der Waals surface area contributed by atoms with Crippen molar-refractivity contribution in [2.75, 3.05) is 0 Å². The van der Waals surface area contributed by atoms with Crippen LogP contribution in [0.15, 0.2) is 48.6 Å². The predicted molar refractivity (Wildman–Crippen MR) is 131 cm³/mol. The van der Waals surface area contributed by atoms with Gasteiger partial charge in [-0.25, -0.2) is 12.2 Å². The van der Waals surface area contributed by atoms with E-state index in [9.17, 15) is 0 Å². The zero-order valence-electron chi connectivity index (χ0n) is 20.2. The molecule has 3 aliphatic rings. The van der Waals surface area contributed by atoms with Crippen molar-refractivity contribution in [3.63, 3.8) is 0 Å². The first-order chi connectivity index (χ1) is 14.6. The van der Waals surface area contributed by atoms with E-state index in [1.54, 1.807) is 27.4 Å². The van der Waals surface area contributed by atoms with Gasteiger partial charge in [0.1, 0.15) is 0 Å². The molecule has 0 heterocycles. The van der Waals surface area contributed by atoms with Crippen molar-refractivity contribution < 1.29 is 24.2 Å². The summed E-state index contributed by atoms with van der Waals surface area (Å²) in [4.78, 5) is 0. The maximum atomic E-state index is 3.53. The molecule has 1 fully saturated rings. The number of hydrogen-bond acceptors (Lipinski definition) is 0. The fraction of sp³-hybridized carbons (Fsp3) is 0.433. The Morgan fingerprint density at radius 3 is 1.97 bits per heavy atom. The Hall–Kier alpha value is -1.33. The quantitative estimate of drug-likeness (QED) is 0.283. The van der Waals surface area contributed by atoms with Crippen molar-refractivity contribution >= 4 is 3.21 Å². The van der Waals surface area contributed by atoms with E-state index in [2.05, 4.69) is 90.1 Å². The fourth-order valence-corrected chi connectivity index (χ4v) is 4.55. The van der Waals surface area contributed by atoms with Crippen LogP contribution in [0.5, 0.6) is 0 Å². The fourth-order valence-electron chi connectivity index (χ4n) is 3.68. The van der Waals surface area contributed by atoms with E-state index in [4.69, 9.17) is 0 Å². The molecule has 2 aromatic carbocycles. The Morgan fingerprint density at radius 1 is 0.871 bits per heavy atom. The Labute approximate surface area is 205 Å². The van der Waals surface area contributed by atoms with Gasteiger partial charge in [0, 0.05) is 0 Å². The van der Waals surface area contributed by atoms with E-state index in [-0.39, 0.29) is 10.8 Å². The standard InChI is InChI=1S/C21H25.C5H5.C4H6.Zr/c1-20(2,3)16-9-7-14-11-15-8-10-17(21(4,5)6)13-19(15)18(14)12-16;1-2-4-5-3-1;1-2-4-3-1;/h7,9-10,12-13H,11H2,1-6H3;1-3H,4H2;1-3H2;/q2*-1;;+2. The normalized spacial score (nSPS) is 15.9. The Bertz CT molecular complexity index is 913. The van der Waals surface area contributed by atoms with Crippen LogP contribution < -0.4 is 0 Å². The molecule has 5 rings (SSSR count). The van der Waals surface area contributed by atoms with Crippen LogP contribution in [0.3, 0.4) is 0 Å².